The van der Waals surface area contributed by atoms with E-state index < -0.39 is 11.9 Å². The van der Waals surface area contributed by atoms with Crippen molar-refractivity contribution < 1.29 is 23.5 Å². The topological polar surface area (TPSA) is 85.6 Å². The maximum Gasteiger partial charge on any atom is 0.338 e. The molecule has 27 heavy (non-hydrogen) atoms. The molecule has 1 amide bonds. The summed E-state index contributed by atoms with van der Waals surface area (Å²) in [5.41, 5.74) is 2.69. The summed E-state index contributed by atoms with van der Waals surface area (Å²) >= 11 is 0. The average molecular weight is 363 g/mol. The average Bonchev–Trinajstić information content (AvgIpc) is 3.15. The number of hydrogen-bond acceptors (Lipinski definition) is 5. The van der Waals surface area contributed by atoms with Crippen LogP contribution in [0.25, 0.3) is 11.3 Å². The molecule has 3 rings (SSSR count). The summed E-state index contributed by atoms with van der Waals surface area (Å²) in [5.74, 6) is -0.265. The van der Waals surface area contributed by atoms with Gasteiger partial charge < -0.3 is 14.5 Å². The molecule has 0 saturated carbocycles. The molecule has 2 aromatic carbocycles. The summed E-state index contributed by atoms with van der Waals surface area (Å²) in [4.78, 5) is 34.6. The van der Waals surface area contributed by atoms with Crippen LogP contribution >= 0.6 is 0 Å². The van der Waals surface area contributed by atoms with Crippen LogP contribution in [0.3, 0.4) is 0 Å². The number of nitrogens with one attached hydrogen (secondary N) is 1. The largest absolute Gasteiger partial charge is 0.453 e. The van der Waals surface area contributed by atoms with Crippen LogP contribution in [-0.2, 0) is 9.53 Å². The van der Waals surface area contributed by atoms with E-state index in [1.165, 1.54) is 0 Å². The summed E-state index contributed by atoms with van der Waals surface area (Å²) in [6, 6.07) is 17.1. The lowest BCUT2D eigenvalue weighted by atomic mass is 10.1. The van der Waals surface area contributed by atoms with Gasteiger partial charge >= 0.3 is 5.97 Å². The highest BCUT2D eigenvalue weighted by Crippen LogP contribution is 2.22. The highest BCUT2D eigenvalue weighted by molar-refractivity contribution is 5.95. The van der Waals surface area contributed by atoms with E-state index in [0.717, 1.165) is 11.1 Å². The second-order valence-corrected chi connectivity index (χ2v) is 5.89. The summed E-state index contributed by atoms with van der Waals surface area (Å²) in [6.07, 6.45) is 0.622. The van der Waals surface area contributed by atoms with Crippen molar-refractivity contribution >= 4 is 23.9 Å². The summed E-state index contributed by atoms with van der Waals surface area (Å²) < 4.78 is 10.4. The normalized spacial score (nSPS) is 10.3. The van der Waals surface area contributed by atoms with Crippen molar-refractivity contribution in [2.75, 3.05) is 11.9 Å². The van der Waals surface area contributed by atoms with E-state index in [4.69, 9.17) is 9.15 Å². The smallest absolute Gasteiger partial charge is 0.338 e. The van der Waals surface area contributed by atoms with Crippen LogP contribution in [0.5, 0.6) is 0 Å². The summed E-state index contributed by atoms with van der Waals surface area (Å²) in [6.45, 7) is 1.54. The molecular weight excluding hydrogens is 346 g/mol. The molecule has 1 N–H and O–H groups in total. The number of anilines is 1. The predicted octanol–water partition coefficient (Wildman–Crippen LogP) is 3.86. The molecular formula is C21H17NO5. The lowest BCUT2D eigenvalue weighted by molar-refractivity contribution is -0.119. The maximum atomic E-state index is 12.1. The number of benzene rings is 2. The van der Waals surface area contributed by atoms with Crippen LogP contribution in [0, 0.1) is 6.92 Å². The molecule has 0 bridgehead atoms. The molecule has 0 saturated heterocycles. The Morgan fingerprint density at radius 1 is 1.07 bits per heavy atom. The maximum absolute atomic E-state index is 12.1. The van der Waals surface area contributed by atoms with Gasteiger partial charge in [-0.25, -0.2) is 4.79 Å². The minimum absolute atomic E-state index is 0.230. The molecule has 0 unspecified atom stereocenters. The molecule has 136 valence electrons. The van der Waals surface area contributed by atoms with Crippen LogP contribution in [0.4, 0.5) is 5.69 Å². The first-order chi connectivity index (χ1) is 13.0. The summed E-state index contributed by atoms with van der Waals surface area (Å²) in [5, 5.41) is 2.67. The van der Waals surface area contributed by atoms with E-state index in [-0.39, 0.29) is 12.4 Å². The fourth-order valence-electron chi connectivity index (χ4n) is 2.48. The van der Waals surface area contributed by atoms with Crippen molar-refractivity contribution in [1.82, 2.24) is 0 Å². The molecule has 0 aliphatic heterocycles. The third kappa shape index (κ3) is 4.70. The number of aldehydes is 1. The highest BCUT2D eigenvalue weighted by Gasteiger charge is 2.12. The Bertz CT molecular complexity index is 972. The van der Waals surface area contributed by atoms with E-state index in [1.54, 1.807) is 42.5 Å². The molecule has 0 radical (unpaired) electrons. The minimum atomic E-state index is -0.603. The first-order valence-electron chi connectivity index (χ1n) is 8.24. The molecule has 1 heterocycles. The van der Waals surface area contributed by atoms with Crippen molar-refractivity contribution in [3.8, 4) is 11.3 Å². The van der Waals surface area contributed by atoms with Crippen molar-refractivity contribution in [3.05, 3.63) is 77.6 Å². The number of amides is 1. The highest BCUT2D eigenvalue weighted by atomic mass is 16.5. The predicted molar refractivity (Wildman–Crippen MR) is 99.6 cm³/mol. The lowest BCUT2D eigenvalue weighted by Gasteiger charge is -2.07. The van der Waals surface area contributed by atoms with Gasteiger partial charge in [0.1, 0.15) is 5.76 Å². The number of hydrogen-bond donors (Lipinski definition) is 1. The molecule has 0 fully saturated rings. The molecule has 0 aliphatic carbocycles. The Morgan fingerprint density at radius 3 is 2.52 bits per heavy atom. The Labute approximate surface area is 155 Å². The number of carbonyl (C=O) groups excluding carboxylic acids is 3. The van der Waals surface area contributed by atoms with Crippen LogP contribution in [0.15, 0.2) is 65.1 Å². The standard InChI is InChI=1S/C21H17NO5/c1-14-3-2-4-17(11-14)22-20(24)13-26-21(25)16-7-5-15(6-8-16)19-10-9-18(12-23)27-19/h2-12H,13H2,1H3,(H,22,24). The van der Waals surface area contributed by atoms with Gasteiger partial charge in [0.25, 0.3) is 5.91 Å². The van der Waals surface area contributed by atoms with Crippen molar-refractivity contribution in [2.24, 2.45) is 0 Å². The Balaban J connectivity index is 1.56. The lowest BCUT2D eigenvalue weighted by Crippen LogP contribution is -2.20. The minimum Gasteiger partial charge on any atom is -0.453 e. The van der Waals surface area contributed by atoms with Crippen molar-refractivity contribution in [2.45, 2.75) is 6.92 Å². The molecule has 0 spiro atoms. The van der Waals surface area contributed by atoms with Crippen molar-refractivity contribution in [3.63, 3.8) is 0 Å². The zero-order chi connectivity index (χ0) is 19.2. The third-order valence-corrected chi connectivity index (χ3v) is 3.78. The van der Waals surface area contributed by atoms with Gasteiger partial charge in [0.15, 0.2) is 18.7 Å². The number of aryl methyl sites for hydroxylation is 1. The van der Waals surface area contributed by atoms with Gasteiger partial charge in [-0.2, -0.15) is 0 Å². The number of carbonyl (C=O) groups is 3. The van der Waals surface area contributed by atoms with Crippen LogP contribution in [0.1, 0.15) is 26.5 Å². The SMILES string of the molecule is Cc1cccc(NC(=O)COC(=O)c2ccc(-c3ccc(C=O)o3)cc2)c1. The molecule has 0 atom stereocenters. The van der Waals surface area contributed by atoms with Crippen LogP contribution < -0.4 is 5.32 Å². The van der Waals surface area contributed by atoms with Gasteiger partial charge in [0, 0.05) is 11.3 Å². The van der Waals surface area contributed by atoms with E-state index in [2.05, 4.69) is 5.32 Å². The fourth-order valence-corrected chi connectivity index (χ4v) is 2.48. The van der Waals surface area contributed by atoms with E-state index in [0.29, 0.717) is 23.3 Å². The van der Waals surface area contributed by atoms with E-state index in [9.17, 15) is 14.4 Å². The fraction of sp³-hybridized carbons (Fsp3) is 0.0952. The second kappa shape index (κ2) is 8.14. The first-order valence-corrected chi connectivity index (χ1v) is 8.24. The number of ether oxygens (including phenoxy) is 1. The summed E-state index contributed by atoms with van der Waals surface area (Å²) in [7, 11) is 0. The van der Waals surface area contributed by atoms with E-state index >= 15 is 0 Å². The van der Waals surface area contributed by atoms with Gasteiger partial charge in [-0.3, -0.25) is 9.59 Å². The third-order valence-electron chi connectivity index (χ3n) is 3.78. The van der Waals surface area contributed by atoms with Gasteiger partial charge in [-0.05, 0) is 48.9 Å². The Hall–Kier alpha value is -3.67. The Kier molecular flexibility index (Phi) is 5.47. The van der Waals surface area contributed by atoms with Gasteiger partial charge in [-0.15, -0.1) is 0 Å². The zero-order valence-electron chi connectivity index (χ0n) is 14.6. The molecule has 0 aliphatic rings. The molecule has 6 nitrogen and oxygen atoms in total. The van der Waals surface area contributed by atoms with Crippen LogP contribution in [0.2, 0.25) is 0 Å². The number of esters is 1. The van der Waals surface area contributed by atoms with Gasteiger partial charge in [0.2, 0.25) is 0 Å². The van der Waals surface area contributed by atoms with Crippen LogP contribution in [-0.4, -0.2) is 24.8 Å². The number of rotatable bonds is 6. The zero-order valence-corrected chi connectivity index (χ0v) is 14.6. The molecule has 1 aromatic heterocycles. The second-order valence-electron chi connectivity index (χ2n) is 5.89. The monoisotopic (exact) mass is 363 g/mol. The van der Waals surface area contributed by atoms with E-state index in [1.807, 2.05) is 25.1 Å². The molecule has 3 aromatic rings. The Morgan fingerprint density at radius 2 is 1.85 bits per heavy atom. The first kappa shape index (κ1) is 18.1. The molecule has 6 heteroatoms. The quantitative estimate of drug-likeness (QED) is 0.531. The van der Waals surface area contributed by atoms with Gasteiger partial charge in [-0.1, -0.05) is 24.3 Å². The van der Waals surface area contributed by atoms with Gasteiger partial charge in [0.05, 0.1) is 5.56 Å². The van der Waals surface area contributed by atoms with Crippen molar-refractivity contribution in [1.29, 1.82) is 0 Å². The number of furan rings is 1.